The number of benzene rings is 1. The largest absolute Gasteiger partial charge is 0.466 e. The molecule has 88 valence electrons. The lowest BCUT2D eigenvalue weighted by atomic mass is 10.0. The molecule has 1 atom stereocenters. The third-order valence-corrected chi connectivity index (χ3v) is 2.45. The highest BCUT2D eigenvalue weighted by Crippen LogP contribution is 2.06. The molecule has 0 radical (unpaired) electrons. The predicted octanol–water partition coefficient (Wildman–Crippen LogP) is 1.77. The Labute approximate surface area is 96.8 Å². The first-order valence-corrected chi connectivity index (χ1v) is 5.63. The van der Waals surface area contributed by atoms with Gasteiger partial charge in [-0.15, -0.1) is 0 Å². The number of carbonyl (C=O) groups is 1. The van der Waals surface area contributed by atoms with E-state index in [1.54, 1.807) is 0 Å². The first-order valence-electron chi connectivity index (χ1n) is 5.63. The van der Waals surface area contributed by atoms with E-state index in [9.17, 15) is 4.79 Å². The fourth-order valence-electron chi connectivity index (χ4n) is 1.60. The van der Waals surface area contributed by atoms with Gasteiger partial charge in [-0.25, -0.2) is 0 Å². The summed E-state index contributed by atoms with van der Waals surface area (Å²) in [4.78, 5) is 11.3. The lowest BCUT2D eigenvalue weighted by molar-refractivity contribution is -0.143. The molecule has 1 aromatic carbocycles. The van der Waals surface area contributed by atoms with E-state index in [0.29, 0.717) is 13.0 Å². The minimum absolute atomic E-state index is 0.140. The Bertz CT molecular complexity index is 311. The third-order valence-electron chi connectivity index (χ3n) is 2.45. The number of esters is 1. The van der Waals surface area contributed by atoms with Crippen LogP contribution in [-0.4, -0.2) is 25.7 Å². The molecule has 0 bridgehead atoms. The highest BCUT2D eigenvalue weighted by Gasteiger charge is 2.12. The molecule has 0 saturated heterocycles. The van der Waals surface area contributed by atoms with Gasteiger partial charge in [-0.1, -0.05) is 30.3 Å². The van der Waals surface area contributed by atoms with E-state index in [1.807, 2.05) is 32.2 Å². The summed E-state index contributed by atoms with van der Waals surface area (Å²) in [7, 11) is 1.87. The smallest absolute Gasteiger partial charge is 0.307 e. The average Bonchev–Trinajstić information content (AvgIpc) is 2.30. The molecule has 0 unspecified atom stereocenters. The molecule has 0 aromatic heterocycles. The first kappa shape index (κ1) is 12.7. The summed E-state index contributed by atoms with van der Waals surface area (Å²) in [6, 6.07) is 10.3. The molecule has 3 nitrogen and oxygen atoms in total. The molecular weight excluding hydrogens is 202 g/mol. The molecule has 16 heavy (non-hydrogen) atoms. The van der Waals surface area contributed by atoms with E-state index in [-0.39, 0.29) is 12.0 Å². The molecule has 0 aliphatic carbocycles. The van der Waals surface area contributed by atoms with Crippen LogP contribution in [0, 0.1) is 0 Å². The van der Waals surface area contributed by atoms with Crippen molar-refractivity contribution in [3.05, 3.63) is 35.9 Å². The van der Waals surface area contributed by atoms with Gasteiger partial charge in [0.05, 0.1) is 13.0 Å². The lowest BCUT2D eigenvalue weighted by Crippen LogP contribution is -2.30. The van der Waals surface area contributed by atoms with Gasteiger partial charge in [-0.05, 0) is 26.0 Å². The van der Waals surface area contributed by atoms with Crippen LogP contribution in [0.5, 0.6) is 0 Å². The van der Waals surface area contributed by atoms with Crippen molar-refractivity contribution in [2.45, 2.75) is 25.8 Å². The number of ether oxygens (including phenoxy) is 1. The molecule has 0 amide bonds. The van der Waals surface area contributed by atoms with Gasteiger partial charge in [-0.3, -0.25) is 4.79 Å². The topological polar surface area (TPSA) is 38.3 Å². The lowest BCUT2D eigenvalue weighted by Gasteiger charge is -2.15. The zero-order valence-electron chi connectivity index (χ0n) is 9.90. The van der Waals surface area contributed by atoms with Gasteiger partial charge in [0.15, 0.2) is 0 Å². The van der Waals surface area contributed by atoms with Gasteiger partial charge in [0.2, 0.25) is 0 Å². The summed E-state index contributed by atoms with van der Waals surface area (Å²) in [5.41, 5.74) is 1.23. The molecule has 0 heterocycles. The zero-order valence-corrected chi connectivity index (χ0v) is 9.90. The van der Waals surface area contributed by atoms with Crippen molar-refractivity contribution in [3.8, 4) is 0 Å². The Morgan fingerprint density at radius 1 is 1.38 bits per heavy atom. The second-order valence-electron chi connectivity index (χ2n) is 3.68. The normalized spacial score (nSPS) is 12.1. The Morgan fingerprint density at radius 2 is 2.06 bits per heavy atom. The molecule has 3 heteroatoms. The molecule has 1 N–H and O–H groups in total. The van der Waals surface area contributed by atoms with Crippen molar-refractivity contribution in [2.75, 3.05) is 13.7 Å². The van der Waals surface area contributed by atoms with Crippen LogP contribution in [0.15, 0.2) is 30.3 Å². The minimum atomic E-state index is -0.141. The maximum atomic E-state index is 11.3. The van der Waals surface area contributed by atoms with Crippen LogP contribution in [0.3, 0.4) is 0 Å². The Hall–Kier alpha value is -1.35. The van der Waals surface area contributed by atoms with Gasteiger partial charge in [0, 0.05) is 6.04 Å². The summed E-state index contributed by atoms with van der Waals surface area (Å²) in [5.74, 6) is -0.141. The van der Waals surface area contributed by atoms with E-state index in [2.05, 4.69) is 17.4 Å². The Morgan fingerprint density at radius 3 is 2.62 bits per heavy atom. The van der Waals surface area contributed by atoms with Gasteiger partial charge in [0.1, 0.15) is 0 Å². The SMILES string of the molecule is CCOC(=O)C[C@H](Cc1ccccc1)NC. The van der Waals surface area contributed by atoms with Crippen molar-refractivity contribution >= 4 is 5.97 Å². The van der Waals surface area contributed by atoms with Crippen molar-refractivity contribution in [2.24, 2.45) is 0 Å². The maximum absolute atomic E-state index is 11.3. The quantitative estimate of drug-likeness (QED) is 0.744. The van der Waals surface area contributed by atoms with Crippen molar-refractivity contribution in [1.82, 2.24) is 5.32 Å². The fraction of sp³-hybridized carbons (Fsp3) is 0.462. The standard InChI is InChI=1S/C13H19NO2/c1-3-16-13(15)10-12(14-2)9-11-7-5-4-6-8-11/h4-8,12,14H,3,9-10H2,1-2H3/t12-/m0/s1. The van der Waals surface area contributed by atoms with Crippen LogP contribution in [0.4, 0.5) is 0 Å². The highest BCUT2D eigenvalue weighted by atomic mass is 16.5. The fourth-order valence-corrected chi connectivity index (χ4v) is 1.60. The summed E-state index contributed by atoms with van der Waals surface area (Å²) >= 11 is 0. The first-order chi connectivity index (χ1) is 7.76. The molecular formula is C13H19NO2. The average molecular weight is 221 g/mol. The maximum Gasteiger partial charge on any atom is 0.307 e. The summed E-state index contributed by atoms with van der Waals surface area (Å²) in [6.07, 6.45) is 1.26. The van der Waals surface area contributed by atoms with E-state index in [1.165, 1.54) is 5.56 Å². The van der Waals surface area contributed by atoms with Crippen molar-refractivity contribution in [3.63, 3.8) is 0 Å². The second-order valence-corrected chi connectivity index (χ2v) is 3.68. The molecule has 0 spiro atoms. The minimum Gasteiger partial charge on any atom is -0.466 e. The van der Waals surface area contributed by atoms with E-state index >= 15 is 0 Å². The van der Waals surface area contributed by atoms with E-state index in [0.717, 1.165) is 6.42 Å². The van der Waals surface area contributed by atoms with Crippen LogP contribution in [0.1, 0.15) is 18.9 Å². The van der Waals surface area contributed by atoms with Gasteiger partial charge < -0.3 is 10.1 Å². The number of rotatable bonds is 6. The summed E-state index contributed by atoms with van der Waals surface area (Å²) in [5, 5.41) is 3.14. The van der Waals surface area contributed by atoms with E-state index < -0.39 is 0 Å². The Kier molecular flexibility index (Phi) is 5.57. The number of carbonyl (C=O) groups excluding carboxylic acids is 1. The van der Waals surface area contributed by atoms with Gasteiger partial charge in [-0.2, -0.15) is 0 Å². The Balaban J connectivity index is 2.46. The van der Waals surface area contributed by atoms with Crippen molar-refractivity contribution in [1.29, 1.82) is 0 Å². The monoisotopic (exact) mass is 221 g/mol. The molecule has 1 rings (SSSR count). The van der Waals surface area contributed by atoms with Crippen LogP contribution >= 0.6 is 0 Å². The van der Waals surface area contributed by atoms with E-state index in [4.69, 9.17) is 4.74 Å². The molecule has 0 fully saturated rings. The van der Waals surface area contributed by atoms with Gasteiger partial charge in [0.25, 0.3) is 0 Å². The van der Waals surface area contributed by atoms with Crippen LogP contribution < -0.4 is 5.32 Å². The van der Waals surface area contributed by atoms with Gasteiger partial charge >= 0.3 is 5.97 Å². The summed E-state index contributed by atoms with van der Waals surface area (Å²) < 4.78 is 4.93. The highest BCUT2D eigenvalue weighted by molar-refractivity contribution is 5.70. The third kappa shape index (κ3) is 4.45. The van der Waals surface area contributed by atoms with Crippen LogP contribution in [-0.2, 0) is 16.0 Å². The molecule has 0 aliphatic heterocycles. The van der Waals surface area contributed by atoms with Crippen molar-refractivity contribution < 1.29 is 9.53 Å². The number of nitrogens with one attached hydrogen (secondary N) is 1. The van der Waals surface area contributed by atoms with Crippen LogP contribution in [0.2, 0.25) is 0 Å². The molecule has 1 aromatic rings. The molecule has 0 saturated carbocycles. The summed E-state index contributed by atoms with van der Waals surface area (Å²) in [6.45, 7) is 2.27. The number of likely N-dealkylation sites (N-methyl/N-ethyl adjacent to an activating group) is 1. The molecule has 0 aliphatic rings. The second kappa shape index (κ2) is 7.01. The predicted molar refractivity (Wildman–Crippen MR) is 64.2 cm³/mol. The number of hydrogen-bond acceptors (Lipinski definition) is 3. The number of hydrogen-bond donors (Lipinski definition) is 1. The zero-order chi connectivity index (χ0) is 11.8. The van der Waals surface area contributed by atoms with Crippen LogP contribution in [0.25, 0.3) is 0 Å².